The van der Waals surface area contributed by atoms with Crippen molar-refractivity contribution in [3.05, 3.63) is 29.8 Å². The van der Waals surface area contributed by atoms with Crippen molar-refractivity contribution in [2.75, 3.05) is 11.6 Å². The summed E-state index contributed by atoms with van der Waals surface area (Å²) in [5.74, 6) is -2.08. The molecule has 0 saturated carbocycles. The standard InChI is InChI=1S/C14H13F3N2O4/c1-2-23-13(22)10-7-11(12(20)21)19(18-10)9-5-3-4-8(6-9)14(15,16)17/h3-6,11H,2,7H2,1H3,(H,20,21)/t11-/m1/s1. The third-order valence-electron chi connectivity index (χ3n) is 3.14. The van der Waals surface area contributed by atoms with Crippen LogP contribution in [0, 0.1) is 0 Å². The molecule has 23 heavy (non-hydrogen) atoms. The Bertz CT molecular complexity index is 658. The van der Waals surface area contributed by atoms with Gasteiger partial charge in [-0.15, -0.1) is 0 Å². The lowest BCUT2D eigenvalue weighted by Gasteiger charge is -2.21. The molecule has 1 atom stereocenters. The molecular formula is C14H13F3N2O4. The van der Waals surface area contributed by atoms with Crippen LogP contribution in [0.5, 0.6) is 0 Å². The van der Waals surface area contributed by atoms with Gasteiger partial charge in [0.25, 0.3) is 0 Å². The minimum atomic E-state index is -4.57. The van der Waals surface area contributed by atoms with Crippen molar-refractivity contribution >= 4 is 23.3 Å². The minimum absolute atomic E-state index is 0.0634. The van der Waals surface area contributed by atoms with Crippen molar-refractivity contribution in [3.63, 3.8) is 0 Å². The Labute approximate surface area is 129 Å². The summed E-state index contributed by atoms with van der Waals surface area (Å²) in [5, 5.41) is 13.9. The van der Waals surface area contributed by atoms with Crippen molar-refractivity contribution < 1.29 is 32.6 Å². The lowest BCUT2D eigenvalue weighted by Crippen LogP contribution is -2.34. The van der Waals surface area contributed by atoms with Crippen molar-refractivity contribution in [2.45, 2.75) is 25.6 Å². The SMILES string of the molecule is CCOC(=O)C1=NN(c2cccc(C(F)(F)F)c2)[C@@H](C(=O)O)C1. The fraction of sp³-hybridized carbons (Fsp3) is 0.357. The van der Waals surface area contributed by atoms with E-state index in [2.05, 4.69) is 5.10 Å². The summed E-state index contributed by atoms with van der Waals surface area (Å²) in [7, 11) is 0. The van der Waals surface area contributed by atoms with E-state index in [4.69, 9.17) is 4.74 Å². The minimum Gasteiger partial charge on any atom is -0.480 e. The van der Waals surface area contributed by atoms with E-state index in [-0.39, 0.29) is 24.4 Å². The molecular weight excluding hydrogens is 317 g/mol. The number of ether oxygens (including phenoxy) is 1. The summed E-state index contributed by atoms with van der Waals surface area (Å²) in [4.78, 5) is 23.0. The fourth-order valence-electron chi connectivity index (χ4n) is 2.10. The number of hydrogen-bond donors (Lipinski definition) is 1. The lowest BCUT2D eigenvalue weighted by molar-refractivity contribution is -0.138. The maximum atomic E-state index is 12.8. The molecule has 0 spiro atoms. The molecule has 0 unspecified atom stereocenters. The number of hydrogen-bond acceptors (Lipinski definition) is 5. The molecule has 0 aromatic heterocycles. The monoisotopic (exact) mass is 330 g/mol. The Kier molecular flexibility index (Phi) is 4.57. The Morgan fingerprint density at radius 2 is 2.13 bits per heavy atom. The molecule has 0 radical (unpaired) electrons. The first-order chi connectivity index (χ1) is 10.7. The van der Waals surface area contributed by atoms with Gasteiger partial charge in [0.05, 0.1) is 17.9 Å². The molecule has 6 nitrogen and oxygen atoms in total. The second kappa shape index (κ2) is 6.27. The Morgan fingerprint density at radius 1 is 1.43 bits per heavy atom. The Balaban J connectivity index is 2.38. The van der Waals surface area contributed by atoms with Crippen molar-refractivity contribution in [3.8, 4) is 0 Å². The summed E-state index contributed by atoms with van der Waals surface area (Å²) < 4.78 is 43.1. The van der Waals surface area contributed by atoms with Crippen molar-refractivity contribution in [1.29, 1.82) is 0 Å². The molecule has 0 saturated heterocycles. The molecule has 0 bridgehead atoms. The van der Waals surface area contributed by atoms with Crippen LogP contribution in [0.15, 0.2) is 29.4 Å². The molecule has 0 fully saturated rings. The van der Waals surface area contributed by atoms with Gasteiger partial charge in [-0.3, -0.25) is 5.01 Å². The Hall–Kier alpha value is -2.58. The highest BCUT2D eigenvalue weighted by Crippen LogP contribution is 2.33. The van der Waals surface area contributed by atoms with E-state index >= 15 is 0 Å². The zero-order valence-corrected chi connectivity index (χ0v) is 12.0. The number of halogens is 3. The molecule has 0 aliphatic carbocycles. The number of anilines is 1. The topological polar surface area (TPSA) is 79.2 Å². The maximum absolute atomic E-state index is 12.8. The van der Waals surface area contributed by atoms with E-state index in [1.165, 1.54) is 6.07 Å². The summed E-state index contributed by atoms with van der Waals surface area (Å²) in [6, 6.07) is 2.83. The number of alkyl halides is 3. The number of rotatable bonds is 4. The van der Waals surface area contributed by atoms with Gasteiger partial charge in [0.1, 0.15) is 5.71 Å². The molecule has 1 aliphatic heterocycles. The normalized spacial score (nSPS) is 17.8. The van der Waals surface area contributed by atoms with Gasteiger partial charge in [0, 0.05) is 6.42 Å². The zero-order valence-electron chi connectivity index (χ0n) is 12.0. The zero-order chi connectivity index (χ0) is 17.2. The van der Waals surface area contributed by atoms with E-state index in [1.807, 2.05) is 0 Å². The van der Waals surface area contributed by atoms with Crippen LogP contribution in [0.3, 0.4) is 0 Å². The number of carboxylic acid groups (broad SMARTS) is 1. The number of aliphatic carboxylic acids is 1. The third-order valence-corrected chi connectivity index (χ3v) is 3.14. The summed E-state index contributed by atoms with van der Waals surface area (Å²) in [5.41, 5.74) is -1.14. The van der Waals surface area contributed by atoms with Gasteiger partial charge in [0.15, 0.2) is 6.04 Å². The highest BCUT2D eigenvalue weighted by atomic mass is 19.4. The van der Waals surface area contributed by atoms with Gasteiger partial charge in [-0.1, -0.05) is 6.07 Å². The largest absolute Gasteiger partial charge is 0.480 e. The molecule has 124 valence electrons. The first kappa shape index (κ1) is 16.8. The lowest BCUT2D eigenvalue weighted by atomic mass is 10.1. The quantitative estimate of drug-likeness (QED) is 0.857. The molecule has 1 aromatic rings. The highest BCUT2D eigenvalue weighted by Gasteiger charge is 2.38. The second-order valence-electron chi connectivity index (χ2n) is 4.72. The van der Waals surface area contributed by atoms with Crippen LogP contribution >= 0.6 is 0 Å². The first-order valence-corrected chi connectivity index (χ1v) is 6.68. The van der Waals surface area contributed by atoms with E-state index in [0.29, 0.717) is 0 Å². The average molecular weight is 330 g/mol. The smallest absolute Gasteiger partial charge is 0.416 e. The average Bonchev–Trinajstić information content (AvgIpc) is 2.92. The molecule has 1 heterocycles. The number of carbonyl (C=O) groups is 2. The van der Waals surface area contributed by atoms with Crippen LogP contribution in [0.4, 0.5) is 18.9 Å². The molecule has 2 rings (SSSR count). The van der Waals surface area contributed by atoms with Crippen LogP contribution in [0.1, 0.15) is 18.9 Å². The van der Waals surface area contributed by atoms with Crippen LogP contribution < -0.4 is 5.01 Å². The number of carbonyl (C=O) groups excluding carboxylic acids is 1. The van der Waals surface area contributed by atoms with E-state index < -0.39 is 29.7 Å². The van der Waals surface area contributed by atoms with Gasteiger partial charge in [-0.25, -0.2) is 9.59 Å². The third kappa shape index (κ3) is 3.61. The van der Waals surface area contributed by atoms with Crippen molar-refractivity contribution in [1.82, 2.24) is 0 Å². The first-order valence-electron chi connectivity index (χ1n) is 6.68. The number of benzene rings is 1. The number of carboxylic acids is 1. The summed E-state index contributed by atoms with van der Waals surface area (Å²) >= 11 is 0. The van der Waals surface area contributed by atoms with Gasteiger partial charge in [-0.2, -0.15) is 18.3 Å². The predicted molar refractivity (Wildman–Crippen MR) is 74.0 cm³/mol. The molecule has 0 amide bonds. The van der Waals surface area contributed by atoms with Gasteiger partial charge < -0.3 is 9.84 Å². The van der Waals surface area contributed by atoms with E-state index in [9.17, 15) is 27.9 Å². The fourth-order valence-corrected chi connectivity index (χ4v) is 2.10. The van der Waals surface area contributed by atoms with E-state index in [0.717, 1.165) is 23.2 Å². The van der Waals surface area contributed by atoms with Crippen LogP contribution in [0.25, 0.3) is 0 Å². The molecule has 1 aromatic carbocycles. The molecule has 9 heteroatoms. The predicted octanol–water partition coefficient (Wildman–Crippen LogP) is 2.29. The molecule has 1 N–H and O–H groups in total. The molecule has 1 aliphatic rings. The van der Waals surface area contributed by atoms with Gasteiger partial charge in [-0.05, 0) is 25.1 Å². The van der Waals surface area contributed by atoms with Gasteiger partial charge >= 0.3 is 18.1 Å². The second-order valence-corrected chi connectivity index (χ2v) is 4.72. The van der Waals surface area contributed by atoms with E-state index in [1.54, 1.807) is 6.92 Å². The van der Waals surface area contributed by atoms with Gasteiger partial charge in [0.2, 0.25) is 0 Å². The van der Waals surface area contributed by atoms with Crippen LogP contribution in [-0.4, -0.2) is 35.4 Å². The number of esters is 1. The van der Waals surface area contributed by atoms with Crippen LogP contribution in [0.2, 0.25) is 0 Å². The van der Waals surface area contributed by atoms with Crippen molar-refractivity contribution in [2.24, 2.45) is 5.10 Å². The number of nitrogens with zero attached hydrogens (tertiary/aromatic N) is 2. The van der Waals surface area contributed by atoms with Crippen LogP contribution in [-0.2, 0) is 20.5 Å². The Morgan fingerprint density at radius 3 is 2.70 bits per heavy atom. The highest BCUT2D eigenvalue weighted by molar-refractivity contribution is 6.38. The maximum Gasteiger partial charge on any atom is 0.416 e. The summed E-state index contributed by atoms with van der Waals surface area (Å²) in [6.07, 6.45) is -4.81. The number of hydrazone groups is 1. The summed E-state index contributed by atoms with van der Waals surface area (Å²) in [6.45, 7) is 1.66.